The van der Waals surface area contributed by atoms with Gasteiger partial charge in [0.2, 0.25) is 0 Å². The molecule has 0 aliphatic carbocycles. The molecule has 1 aromatic heterocycles. The van der Waals surface area contributed by atoms with Crippen LogP contribution in [0.1, 0.15) is 30.7 Å². The normalized spacial score (nSPS) is 13.8. The highest BCUT2D eigenvalue weighted by atomic mass is 15.2. The number of hydrogen-bond donors (Lipinski definition) is 1. The molecule has 0 saturated carbocycles. The highest BCUT2D eigenvalue weighted by Gasteiger charge is 2.19. The maximum Gasteiger partial charge on any atom is 0.129 e. The van der Waals surface area contributed by atoms with E-state index in [1.54, 1.807) is 0 Å². The van der Waals surface area contributed by atoms with Gasteiger partial charge >= 0.3 is 0 Å². The van der Waals surface area contributed by atoms with E-state index in [2.05, 4.69) is 66.5 Å². The van der Waals surface area contributed by atoms with Crippen molar-refractivity contribution in [3.8, 4) is 0 Å². The van der Waals surface area contributed by atoms with Crippen molar-refractivity contribution in [2.45, 2.75) is 33.5 Å². The molecular formula is C18H23N3. The van der Waals surface area contributed by atoms with Gasteiger partial charge in [0, 0.05) is 19.6 Å². The van der Waals surface area contributed by atoms with Crippen LogP contribution in [-0.4, -0.2) is 11.5 Å². The number of benzene rings is 1. The molecule has 0 unspecified atom stereocenters. The van der Waals surface area contributed by atoms with E-state index in [0.29, 0.717) is 5.92 Å². The van der Waals surface area contributed by atoms with E-state index >= 15 is 0 Å². The van der Waals surface area contributed by atoms with Crippen molar-refractivity contribution in [1.82, 2.24) is 10.3 Å². The molecule has 0 amide bonds. The van der Waals surface area contributed by atoms with Crippen molar-refractivity contribution in [1.29, 1.82) is 0 Å². The van der Waals surface area contributed by atoms with E-state index in [1.807, 2.05) is 0 Å². The highest BCUT2D eigenvalue weighted by Crippen LogP contribution is 2.26. The van der Waals surface area contributed by atoms with Crippen LogP contribution in [0.2, 0.25) is 0 Å². The topological polar surface area (TPSA) is 28.2 Å². The first-order valence-electron chi connectivity index (χ1n) is 7.71. The summed E-state index contributed by atoms with van der Waals surface area (Å²) in [5.74, 6) is 1.75. The Bertz CT molecular complexity index is 582. The van der Waals surface area contributed by atoms with E-state index in [1.165, 1.54) is 11.1 Å². The van der Waals surface area contributed by atoms with Crippen molar-refractivity contribution >= 4 is 5.82 Å². The summed E-state index contributed by atoms with van der Waals surface area (Å²) in [7, 11) is 0. The first-order chi connectivity index (χ1) is 10.2. The maximum absolute atomic E-state index is 4.80. The van der Waals surface area contributed by atoms with E-state index < -0.39 is 0 Å². The Hall–Kier alpha value is -1.87. The summed E-state index contributed by atoms with van der Waals surface area (Å²) in [6.07, 6.45) is 0. The van der Waals surface area contributed by atoms with Crippen LogP contribution < -0.4 is 10.2 Å². The van der Waals surface area contributed by atoms with Crippen molar-refractivity contribution in [3.05, 3.63) is 59.3 Å². The summed E-state index contributed by atoms with van der Waals surface area (Å²) in [5, 5.41) is 3.46. The van der Waals surface area contributed by atoms with Crippen molar-refractivity contribution in [3.63, 3.8) is 0 Å². The van der Waals surface area contributed by atoms with Gasteiger partial charge in [0.05, 0.1) is 5.69 Å². The predicted octanol–water partition coefficient (Wildman–Crippen LogP) is 3.35. The lowest BCUT2D eigenvalue weighted by atomic mass is 10.1. The van der Waals surface area contributed by atoms with E-state index in [9.17, 15) is 0 Å². The zero-order valence-electron chi connectivity index (χ0n) is 12.8. The first-order valence-corrected chi connectivity index (χ1v) is 7.71. The van der Waals surface area contributed by atoms with Crippen LogP contribution in [0.5, 0.6) is 0 Å². The first kappa shape index (κ1) is 14.1. The molecule has 0 spiro atoms. The lowest BCUT2D eigenvalue weighted by Crippen LogP contribution is -2.21. The predicted molar refractivity (Wildman–Crippen MR) is 87.1 cm³/mol. The minimum absolute atomic E-state index is 0.668. The monoisotopic (exact) mass is 281 g/mol. The third-order valence-electron chi connectivity index (χ3n) is 3.82. The molecule has 0 atom stereocenters. The Balaban J connectivity index is 1.67. The molecule has 1 aromatic carbocycles. The molecule has 0 radical (unpaired) electrons. The van der Waals surface area contributed by atoms with Crippen LogP contribution in [0.15, 0.2) is 42.5 Å². The fourth-order valence-corrected chi connectivity index (χ4v) is 2.73. The zero-order valence-corrected chi connectivity index (χ0v) is 12.8. The zero-order chi connectivity index (χ0) is 14.7. The molecule has 110 valence electrons. The molecule has 2 aromatic rings. The number of nitrogens with zero attached hydrogens (tertiary/aromatic N) is 2. The van der Waals surface area contributed by atoms with Crippen LogP contribution in [0.25, 0.3) is 0 Å². The summed E-state index contributed by atoms with van der Waals surface area (Å²) < 4.78 is 0. The van der Waals surface area contributed by atoms with Crippen molar-refractivity contribution < 1.29 is 0 Å². The second-order valence-electron chi connectivity index (χ2n) is 6.14. The quantitative estimate of drug-likeness (QED) is 0.911. The average Bonchev–Trinajstić information content (AvgIpc) is 2.91. The Morgan fingerprint density at radius 1 is 1.05 bits per heavy atom. The average molecular weight is 281 g/mol. The standard InChI is InChI=1S/C18H23N3/c1-14(2)10-19-11-17-8-5-9-18(20-17)21-12-15-6-3-4-7-16(15)13-21/h3-9,14,19H,10-13H2,1-2H3. The summed E-state index contributed by atoms with van der Waals surface area (Å²) >= 11 is 0. The maximum atomic E-state index is 4.80. The minimum Gasteiger partial charge on any atom is -0.348 e. The van der Waals surface area contributed by atoms with Crippen LogP contribution in [0.4, 0.5) is 5.82 Å². The van der Waals surface area contributed by atoms with E-state index in [-0.39, 0.29) is 0 Å². The molecule has 1 aliphatic rings. The summed E-state index contributed by atoms with van der Waals surface area (Å²) in [6, 6.07) is 15.0. The van der Waals surface area contributed by atoms with Gasteiger partial charge in [0.15, 0.2) is 0 Å². The molecule has 3 heteroatoms. The number of hydrogen-bond acceptors (Lipinski definition) is 3. The Morgan fingerprint density at radius 2 is 1.76 bits per heavy atom. The van der Waals surface area contributed by atoms with E-state index in [4.69, 9.17) is 4.98 Å². The molecule has 0 bridgehead atoms. The smallest absolute Gasteiger partial charge is 0.129 e. The second-order valence-corrected chi connectivity index (χ2v) is 6.14. The molecule has 3 rings (SSSR count). The molecule has 1 aliphatic heterocycles. The third-order valence-corrected chi connectivity index (χ3v) is 3.82. The second kappa shape index (κ2) is 6.27. The number of pyridine rings is 1. The molecule has 0 fully saturated rings. The third kappa shape index (κ3) is 3.42. The molecule has 3 nitrogen and oxygen atoms in total. The van der Waals surface area contributed by atoms with Gasteiger partial charge in [-0.3, -0.25) is 0 Å². The minimum atomic E-state index is 0.668. The lowest BCUT2D eigenvalue weighted by Gasteiger charge is -2.17. The van der Waals surface area contributed by atoms with E-state index in [0.717, 1.165) is 37.7 Å². The Kier molecular flexibility index (Phi) is 4.20. The lowest BCUT2D eigenvalue weighted by molar-refractivity contribution is 0.548. The Morgan fingerprint density at radius 3 is 2.43 bits per heavy atom. The summed E-state index contributed by atoms with van der Waals surface area (Å²) in [5.41, 5.74) is 3.95. The number of rotatable bonds is 5. The molecule has 21 heavy (non-hydrogen) atoms. The van der Waals surface area contributed by atoms with Gasteiger partial charge in [-0.15, -0.1) is 0 Å². The van der Waals surface area contributed by atoms with Crippen LogP contribution in [0.3, 0.4) is 0 Å². The van der Waals surface area contributed by atoms with Gasteiger partial charge in [-0.25, -0.2) is 4.98 Å². The molecule has 2 heterocycles. The number of anilines is 1. The van der Waals surface area contributed by atoms with Crippen LogP contribution in [-0.2, 0) is 19.6 Å². The highest BCUT2D eigenvalue weighted by molar-refractivity contribution is 5.47. The van der Waals surface area contributed by atoms with Gasteiger partial charge in [-0.1, -0.05) is 44.2 Å². The SMILES string of the molecule is CC(C)CNCc1cccc(N2Cc3ccccc3C2)n1. The summed E-state index contributed by atoms with van der Waals surface area (Å²) in [6.45, 7) is 8.24. The van der Waals surface area contributed by atoms with Gasteiger partial charge < -0.3 is 10.2 Å². The van der Waals surface area contributed by atoms with Gasteiger partial charge in [-0.2, -0.15) is 0 Å². The number of aromatic nitrogens is 1. The fraction of sp³-hybridized carbons (Fsp3) is 0.389. The molecular weight excluding hydrogens is 258 g/mol. The van der Waals surface area contributed by atoms with Gasteiger partial charge in [-0.05, 0) is 35.7 Å². The number of fused-ring (bicyclic) bond motifs is 1. The van der Waals surface area contributed by atoms with Gasteiger partial charge in [0.25, 0.3) is 0 Å². The molecule has 0 saturated heterocycles. The van der Waals surface area contributed by atoms with Gasteiger partial charge in [0.1, 0.15) is 5.82 Å². The van der Waals surface area contributed by atoms with Crippen LogP contribution in [0, 0.1) is 5.92 Å². The summed E-state index contributed by atoms with van der Waals surface area (Å²) in [4.78, 5) is 7.14. The molecule has 1 N–H and O–H groups in total. The van der Waals surface area contributed by atoms with Crippen molar-refractivity contribution in [2.24, 2.45) is 5.92 Å². The largest absolute Gasteiger partial charge is 0.348 e. The van der Waals surface area contributed by atoms with Crippen LogP contribution >= 0.6 is 0 Å². The number of nitrogens with one attached hydrogen (secondary N) is 1. The fourth-order valence-electron chi connectivity index (χ4n) is 2.73. The Labute approximate surface area is 127 Å². The van der Waals surface area contributed by atoms with Crippen molar-refractivity contribution in [2.75, 3.05) is 11.4 Å².